The number of phenols is 1. The first-order valence-corrected chi connectivity index (χ1v) is 6.97. The third-order valence-electron chi connectivity index (χ3n) is 3.64. The Kier molecular flexibility index (Phi) is 3.26. The van der Waals surface area contributed by atoms with E-state index < -0.39 is 0 Å². The van der Waals surface area contributed by atoms with Crippen molar-refractivity contribution < 1.29 is 5.11 Å². The molecule has 3 nitrogen and oxygen atoms in total. The highest BCUT2D eigenvalue weighted by molar-refractivity contribution is 5.85. The van der Waals surface area contributed by atoms with Crippen LogP contribution in [0.3, 0.4) is 0 Å². The van der Waals surface area contributed by atoms with Gasteiger partial charge in [0.25, 0.3) is 0 Å². The zero-order valence-electron chi connectivity index (χ0n) is 12.4. The fourth-order valence-corrected chi connectivity index (χ4v) is 2.55. The first-order valence-electron chi connectivity index (χ1n) is 6.97. The van der Waals surface area contributed by atoms with Crippen molar-refractivity contribution in [3.63, 3.8) is 0 Å². The molecule has 0 atom stereocenters. The highest BCUT2D eigenvalue weighted by atomic mass is 16.3. The van der Waals surface area contributed by atoms with E-state index in [0.29, 0.717) is 0 Å². The summed E-state index contributed by atoms with van der Waals surface area (Å²) in [5.41, 5.74) is 5.40. The molecule has 2 aromatic carbocycles. The van der Waals surface area contributed by atoms with E-state index in [1.165, 1.54) is 11.1 Å². The molecule has 0 aliphatic heterocycles. The van der Waals surface area contributed by atoms with Gasteiger partial charge in [0, 0.05) is 17.1 Å². The largest absolute Gasteiger partial charge is 0.508 e. The number of aromatic hydroxyl groups is 1. The number of nitrogens with zero attached hydrogens (tertiary/aromatic N) is 1. The van der Waals surface area contributed by atoms with Gasteiger partial charge in [0.15, 0.2) is 0 Å². The number of fused-ring (bicyclic) bond motifs is 1. The van der Waals surface area contributed by atoms with Crippen molar-refractivity contribution in [1.82, 2.24) is 4.98 Å². The standard InChI is InChI=1S/C18H18N2O/c1-11-4-7-16(13(3)8-11)19-18-9-12(2)15-6-5-14(21)10-17(15)20-18/h4-10,21H,1-3H3,(H,19,20). The Morgan fingerprint density at radius 3 is 2.48 bits per heavy atom. The second-order valence-electron chi connectivity index (χ2n) is 5.47. The molecule has 0 fully saturated rings. The second kappa shape index (κ2) is 5.09. The van der Waals surface area contributed by atoms with Crippen molar-refractivity contribution in [3.8, 4) is 5.75 Å². The summed E-state index contributed by atoms with van der Waals surface area (Å²) in [6.07, 6.45) is 0. The van der Waals surface area contributed by atoms with E-state index in [0.717, 1.165) is 28.0 Å². The Labute approximate surface area is 124 Å². The van der Waals surface area contributed by atoms with Gasteiger partial charge in [0.1, 0.15) is 11.6 Å². The van der Waals surface area contributed by atoms with E-state index in [1.54, 1.807) is 12.1 Å². The molecule has 106 valence electrons. The van der Waals surface area contributed by atoms with Crippen molar-refractivity contribution in [1.29, 1.82) is 0 Å². The predicted octanol–water partition coefficient (Wildman–Crippen LogP) is 4.61. The predicted molar refractivity (Wildman–Crippen MR) is 87.3 cm³/mol. The summed E-state index contributed by atoms with van der Waals surface area (Å²) in [6.45, 7) is 6.21. The lowest BCUT2D eigenvalue weighted by atomic mass is 10.1. The molecule has 3 rings (SSSR count). The molecule has 0 radical (unpaired) electrons. The molecule has 0 saturated carbocycles. The molecule has 2 N–H and O–H groups in total. The van der Waals surface area contributed by atoms with Crippen molar-refractivity contribution in [3.05, 3.63) is 59.2 Å². The van der Waals surface area contributed by atoms with E-state index in [1.807, 2.05) is 19.1 Å². The highest BCUT2D eigenvalue weighted by Crippen LogP contribution is 2.26. The monoisotopic (exact) mass is 278 g/mol. The third-order valence-corrected chi connectivity index (χ3v) is 3.64. The Hall–Kier alpha value is -2.55. The van der Waals surface area contributed by atoms with Crippen molar-refractivity contribution >= 4 is 22.4 Å². The zero-order chi connectivity index (χ0) is 15.0. The number of phenolic OH excluding ortho intramolecular Hbond substituents is 1. The first kappa shape index (κ1) is 13.4. The lowest BCUT2D eigenvalue weighted by Gasteiger charge is -2.12. The van der Waals surface area contributed by atoms with Crippen LogP contribution >= 0.6 is 0 Å². The van der Waals surface area contributed by atoms with Crippen LogP contribution in [0.4, 0.5) is 11.5 Å². The van der Waals surface area contributed by atoms with Gasteiger partial charge in [-0.05, 0) is 56.2 Å². The van der Waals surface area contributed by atoms with E-state index in [2.05, 4.69) is 42.3 Å². The number of nitrogens with one attached hydrogen (secondary N) is 1. The number of anilines is 2. The molecule has 3 heteroatoms. The number of hydrogen-bond donors (Lipinski definition) is 2. The summed E-state index contributed by atoms with van der Waals surface area (Å²) in [4.78, 5) is 4.58. The number of aryl methyl sites for hydroxylation is 3. The summed E-state index contributed by atoms with van der Waals surface area (Å²) in [7, 11) is 0. The van der Waals surface area contributed by atoms with Crippen LogP contribution in [0.15, 0.2) is 42.5 Å². The zero-order valence-corrected chi connectivity index (χ0v) is 12.4. The summed E-state index contributed by atoms with van der Waals surface area (Å²) < 4.78 is 0. The van der Waals surface area contributed by atoms with E-state index in [-0.39, 0.29) is 5.75 Å². The van der Waals surface area contributed by atoms with Crippen LogP contribution in [-0.2, 0) is 0 Å². The van der Waals surface area contributed by atoms with Gasteiger partial charge in [0.05, 0.1) is 5.52 Å². The number of pyridine rings is 1. The molecule has 0 spiro atoms. The van der Waals surface area contributed by atoms with E-state index in [4.69, 9.17) is 0 Å². The highest BCUT2D eigenvalue weighted by Gasteiger charge is 2.05. The molecule has 0 saturated heterocycles. The molecule has 21 heavy (non-hydrogen) atoms. The van der Waals surface area contributed by atoms with Gasteiger partial charge in [-0.1, -0.05) is 17.7 Å². The van der Waals surface area contributed by atoms with Crippen LogP contribution in [-0.4, -0.2) is 10.1 Å². The topological polar surface area (TPSA) is 45.1 Å². The second-order valence-corrected chi connectivity index (χ2v) is 5.47. The van der Waals surface area contributed by atoms with Crippen molar-refractivity contribution in [2.45, 2.75) is 20.8 Å². The summed E-state index contributed by atoms with van der Waals surface area (Å²) in [5, 5.41) is 14.0. The first-order chi connectivity index (χ1) is 10.0. The maximum absolute atomic E-state index is 9.62. The average molecular weight is 278 g/mol. The molecule has 3 aromatic rings. The van der Waals surface area contributed by atoms with E-state index >= 15 is 0 Å². The molecular formula is C18H18N2O. The van der Waals surface area contributed by atoms with Gasteiger partial charge in [-0.15, -0.1) is 0 Å². The van der Waals surface area contributed by atoms with Gasteiger partial charge in [0.2, 0.25) is 0 Å². The summed E-state index contributed by atoms with van der Waals surface area (Å²) >= 11 is 0. The van der Waals surface area contributed by atoms with E-state index in [9.17, 15) is 5.11 Å². The van der Waals surface area contributed by atoms with Gasteiger partial charge in [-0.25, -0.2) is 4.98 Å². The minimum absolute atomic E-state index is 0.234. The van der Waals surface area contributed by atoms with Crippen LogP contribution in [0, 0.1) is 20.8 Å². The van der Waals surface area contributed by atoms with Gasteiger partial charge < -0.3 is 10.4 Å². The number of benzene rings is 2. The van der Waals surface area contributed by atoms with Crippen LogP contribution in [0.5, 0.6) is 5.75 Å². The average Bonchev–Trinajstić information content (AvgIpc) is 2.41. The van der Waals surface area contributed by atoms with Crippen LogP contribution in [0.25, 0.3) is 10.9 Å². The molecule has 1 heterocycles. The lowest BCUT2D eigenvalue weighted by Crippen LogP contribution is -1.97. The number of hydrogen-bond acceptors (Lipinski definition) is 3. The molecule has 0 amide bonds. The third kappa shape index (κ3) is 2.68. The lowest BCUT2D eigenvalue weighted by molar-refractivity contribution is 0.476. The summed E-state index contributed by atoms with van der Waals surface area (Å²) in [5.74, 6) is 1.02. The van der Waals surface area contributed by atoms with Crippen LogP contribution in [0.2, 0.25) is 0 Å². The maximum atomic E-state index is 9.62. The number of aromatic nitrogens is 1. The van der Waals surface area contributed by atoms with Crippen molar-refractivity contribution in [2.24, 2.45) is 0 Å². The Balaban J connectivity index is 2.04. The Bertz CT molecular complexity index is 825. The fraction of sp³-hybridized carbons (Fsp3) is 0.167. The smallest absolute Gasteiger partial charge is 0.131 e. The quantitative estimate of drug-likeness (QED) is 0.719. The molecule has 0 unspecified atom stereocenters. The van der Waals surface area contributed by atoms with Gasteiger partial charge >= 0.3 is 0 Å². The van der Waals surface area contributed by atoms with Gasteiger partial charge in [-0.2, -0.15) is 0 Å². The normalized spacial score (nSPS) is 10.8. The molecule has 1 aromatic heterocycles. The van der Waals surface area contributed by atoms with Crippen molar-refractivity contribution in [2.75, 3.05) is 5.32 Å². The minimum atomic E-state index is 0.234. The molecule has 0 aliphatic rings. The summed E-state index contributed by atoms with van der Waals surface area (Å²) in [6, 6.07) is 13.6. The molecule has 0 bridgehead atoms. The maximum Gasteiger partial charge on any atom is 0.131 e. The number of rotatable bonds is 2. The van der Waals surface area contributed by atoms with Gasteiger partial charge in [-0.3, -0.25) is 0 Å². The Morgan fingerprint density at radius 2 is 1.71 bits per heavy atom. The molecular weight excluding hydrogens is 260 g/mol. The van der Waals surface area contributed by atoms with Crippen LogP contribution < -0.4 is 5.32 Å². The molecule has 0 aliphatic carbocycles. The SMILES string of the molecule is Cc1ccc(Nc2cc(C)c3ccc(O)cc3n2)c(C)c1. The Morgan fingerprint density at radius 1 is 0.905 bits per heavy atom. The minimum Gasteiger partial charge on any atom is -0.508 e. The fourth-order valence-electron chi connectivity index (χ4n) is 2.55. The van der Waals surface area contributed by atoms with Crippen LogP contribution in [0.1, 0.15) is 16.7 Å².